The normalized spacial score (nSPS) is 16.1. The number of aliphatic carboxylic acids is 1. The smallest absolute Gasteiger partial charge is 0.337 e. The fourth-order valence-corrected chi connectivity index (χ4v) is 1.85. The van der Waals surface area contributed by atoms with Gasteiger partial charge in [0.1, 0.15) is 0 Å². The van der Waals surface area contributed by atoms with E-state index in [0.29, 0.717) is 11.2 Å². The first-order valence-electron chi connectivity index (χ1n) is 5.50. The number of allylic oxidation sites excluding steroid dienone is 1. The monoisotopic (exact) mass is 243 g/mol. The van der Waals surface area contributed by atoms with Crippen molar-refractivity contribution in [2.24, 2.45) is 5.92 Å². The summed E-state index contributed by atoms with van der Waals surface area (Å²) in [7, 11) is 0. The first-order chi connectivity index (χ1) is 7.52. The zero-order valence-corrected chi connectivity index (χ0v) is 11.2. The molecule has 0 aliphatic carbocycles. The van der Waals surface area contributed by atoms with E-state index in [1.54, 1.807) is 31.0 Å². The molecule has 0 aromatic heterocycles. The second-order valence-corrected chi connectivity index (χ2v) is 4.95. The summed E-state index contributed by atoms with van der Waals surface area (Å²) in [6, 6.07) is 0. The molecule has 92 valence electrons. The van der Waals surface area contributed by atoms with Crippen LogP contribution in [0.2, 0.25) is 0 Å². The number of hydrogen-bond acceptors (Lipinski definition) is 3. The molecule has 0 radical (unpaired) electrons. The predicted octanol–water partition coefficient (Wildman–Crippen LogP) is 3.20. The lowest BCUT2D eigenvalue weighted by Gasteiger charge is -2.16. The van der Waals surface area contributed by atoms with Crippen LogP contribution in [-0.4, -0.2) is 16.3 Å². The van der Waals surface area contributed by atoms with Gasteiger partial charge in [-0.3, -0.25) is 0 Å². The van der Waals surface area contributed by atoms with E-state index >= 15 is 0 Å². The zero-order chi connectivity index (χ0) is 12.6. The molecule has 0 aromatic rings. The Kier molecular flexibility index (Phi) is 7.81. The molecule has 0 bridgehead atoms. The van der Waals surface area contributed by atoms with E-state index in [1.165, 1.54) is 6.20 Å². The minimum atomic E-state index is -0.914. The van der Waals surface area contributed by atoms with Crippen LogP contribution in [0.15, 0.2) is 23.9 Å². The van der Waals surface area contributed by atoms with Gasteiger partial charge in [0.15, 0.2) is 0 Å². The average Bonchev–Trinajstić information content (AvgIpc) is 2.26. The predicted molar refractivity (Wildman–Crippen MR) is 70.2 cm³/mol. The van der Waals surface area contributed by atoms with Gasteiger partial charge in [0, 0.05) is 11.4 Å². The molecule has 0 fully saturated rings. The average molecular weight is 243 g/mol. The number of hydrogen-bond donors (Lipinski definition) is 2. The van der Waals surface area contributed by atoms with Crippen molar-refractivity contribution in [3.63, 3.8) is 0 Å². The number of carboxylic acids is 1. The highest BCUT2D eigenvalue weighted by Crippen LogP contribution is 2.18. The van der Waals surface area contributed by atoms with Gasteiger partial charge in [-0.25, -0.2) is 4.79 Å². The Morgan fingerprint density at radius 1 is 1.50 bits per heavy atom. The molecule has 3 nitrogen and oxygen atoms in total. The molecular weight excluding hydrogens is 222 g/mol. The molecule has 0 aliphatic rings. The third-order valence-corrected chi connectivity index (χ3v) is 3.60. The fourth-order valence-electron chi connectivity index (χ4n) is 1.01. The Balaban J connectivity index is 4.19. The van der Waals surface area contributed by atoms with Crippen LogP contribution in [0.3, 0.4) is 0 Å². The maximum Gasteiger partial charge on any atom is 0.337 e. The molecule has 2 unspecified atom stereocenters. The highest BCUT2D eigenvalue weighted by molar-refractivity contribution is 7.98. The van der Waals surface area contributed by atoms with Crippen LogP contribution in [0.1, 0.15) is 34.1 Å². The van der Waals surface area contributed by atoms with Crippen molar-refractivity contribution in [1.82, 2.24) is 4.72 Å². The Labute approximate surface area is 102 Å². The van der Waals surface area contributed by atoms with Crippen LogP contribution in [0.4, 0.5) is 0 Å². The van der Waals surface area contributed by atoms with Crippen molar-refractivity contribution in [2.45, 2.75) is 39.4 Å². The van der Waals surface area contributed by atoms with Crippen molar-refractivity contribution >= 4 is 17.9 Å². The quantitative estimate of drug-likeness (QED) is 0.409. The van der Waals surface area contributed by atoms with Crippen molar-refractivity contribution in [2.75, 3.05) is 0 Å². The van der Waals surface area contributed by atoms with Crippen molar-refractivity contribution in [3.8, 4) is 0 Å². The van der Waals surface area contributed by atoms with E-state index in [1.807, 2.05) is 0 Å². The van der Waals surface area contributed by atoms with E-state index < -0.39 is 5.97 Å². The Hall–Kier alpha value is -0.900. The number of carbonyl (C=O) groups is 1. The summed E-state index contributed by atoms with van der Waals surface area (Å²) in [5.41, 5.74) is 0.270. The van der Waals surface area contributed by atoms with Crippen LogP contribution in [0.25, 0.3) is 0 Å². The summed E-state index contributed by atoms with van der Waals surface area (Å²) in [6.07, 6.45) is 5.94. The van der Waals surface area contributed by atoms with Crippen LogP contribution in [0.5, 0.6) is 0 Å². The summed E-state index contributed by atoms with van der Waals surface area (Å²) < 4.78 is 2.99. The van der Waals surface area contributed by atoms with Crippen molar-refractivity contribution < 1.29 is 9.90 Å². The van der Waals surface area contributed by atoms with Crippen molar-refractivity contribution in [3.05, 3.63) is 23.9 Å². The summed E-state index contributed by atoms with van der Waals surface area (Å²) in [5.74, 6) is -0.303. The van der Waals surface area contributed by atoms with Crippen LogP contribution >= 0.6 is 11.9 Å². The molecule has 0 rings (SSSR count). The van der Waals surface area contributed by atoms with Gasteiger partial charge >= 0.3 is 5.97 Å². The molecule has 0 amide bonds. The third-order valence-electron chi connectivity index (χ3n) is 2.51. The van der Waals surface area contributed by atoms with Crippen molar-refractivity contribution in [1.29, 1.82) is 0 Å². The summed E-state index contributed by atoms with van der Waals surface area (Å²) in [5, 5.41) is 9.32. The molecule has 0 saturated heterocycles. The fraction of sp³-hybridized carbons (Fsp3) is 0.583. The maximum absolute atomic E-state index is 10.8. The van der Waals surface area contributed by atoms with E-state index in [-0.39, 0.29) is 5.57 Å². The summed E-state index contributed by atoms with van der Waals surface area (Å²) >= 11 is 1.56. The van der Waals surface area contributed by atoms with E-state index in [4.69, 9.17) is 5.11 Å². The highest BCUT2D eigenvalue weighted by Gasteiger charge is 2.10. The SMILES string of the molecule is C/C=C\C(=C/NSC(C)C(C)CC)C(=O)O. The Morgan fingerprint density at radius 2 is 2.12 bits per heavy atom. The third kappa shape index (κ3) is 5.85. The van der Waals surface area contributed by atoms with Crippen LogP contribution < -0.4 is 4.72 Å². The van der Waals surface area contributed by atoms with Gasteiger partial charge in [0.2, 0.25) is 0 Å². The molecule has 0 aromatic carbocycles. The van der Waals surface area contributed by atoms with Gasteiger partial charge in [-0.1, -0.05) is 39.3 Å². The van der Waals surface area contributed by atoms with Gasteiger partial charge in [0.25, 0.3) is 0 Å². The lowest BCUT2D eigenvalue weighted by molar-refractivity contribution is -0.132. The van der Waals surface area contributed by atoms with Gasteiger partial charge in [0.05, 0.1) is 5.57 Å². The molecule has 2 N–H and O–H groups in total. The molecule has 0 heterocycles. The van der Waals surface area contributed by atoms with Gasteiger partial charge in [-0.2, -0.15) is 0 Å². The standard InChI is InChI=1S/C12H21NO2S/c1-5-7-11(12(14)15)8-13-16-10(4)9(3)6-2/h5,7-10,13H,6H2,1-4H3,(H,14,15)/b7-5-,11-8+. The lowest BCUT2D eigenvalue weighted by atomic mass is 10.1. The number of carboxylic acid groups (broad SMARTS) is 1. The number of rotatable bonds is 7. The van der Waals surface area contributed by atoms with E-state index in [0.717, 1.165) is 6.42 Å². The first kappa shape index (κ1) is 15.1. The zero-order valence-electron chi connectivity index (χ0n) is 10.4. The topological polar surface area (TPSA) is 49.3 Å². The molecule has 16 heavy (non-hydrogen) atoms. The van der Waals surface area contributed by atoms with Gasteiger partial charge < -0.3 is 9.83 Å². The lowest BCUT2D eigenvalue weighted by Crippen LogP contribution is -2.14. The number of nitrogens with one attached hydrogen (secondary N) is 1. The molecule has 0 aliphatic heterocycles. The Bertz CT molecular complexity index is 274. The molecule has 2 atom stereocenters. The first-order valence-corrected chi connectivity index (χ1v) is 6.38. The molecule has 0 spiro atoms. The highest BCUT2D eigenvalue weighted by atomic mass is 32.2. The minimum absolute atomic E-state index is 0.270. The molecule has 4 heteroatoms. The van der Waals surface area contributed by atoms with Crippen LogP contribution in [-0.2, 0) is 4.79 Å². The second-order valence-electron chi connectivity index (χ2n) is 3.73. The maximum atomic E-state index is 10.8. The Morgan fingerprint density at radius 3 is 2.56 bits per heavy atom. The molecular formula is C12H21NO2S. The summed E-state index contributed by atoms with van der Waals surface area (Å²) in [4.78, 5) is 10.8. The second kappa shape index (κ2) is 8.28. The minimum Gasteiger partial charge on any atom is -0.478 e. The van der Waals surface area contributed by atoms with Gasteiger partial charge in [-0.05, 0) is 24.8 Å². The van der Waals surface area contributed by atoms with E-state index in [2.05, 4.69) is 25.5 Å². The van der Waals surface area contributed by atoms with Crippen LogP contribution in [0, 0.1) is 5.92 Å². The summed E-state index contributed by atoms with van der Waals surface area (Å²) in [6.45, 7) is 8.27. The largest absolute Gasteiger partial charge is 0.478 e. The van der Waals surface area contributed by atoms with E-state index in [9.17, 15) is 4.79 Å². The van der Waals surface area contributed by atoms with Gasteiger partial charge in [-0.15, -0.1) is 0 Å². The molecule has 0 saturated carbocycles.